The maximum atomic E-state index is 13.6. The van der Waals surface area contributed by atoms with Crippen LogP contribution in [0.5, 0.6) is 0 Å². The van der Waals surface area contributed by atoms with Crippen molar-refractivity contribution < 1.29 is 13.7 Å². The van der Waals surface area contributed by atoms with E-state index in [1.807, 2.05) is 13.0 Å². The summed E-state index contributed by atoms with van der Waals surface area (Å²) in [5.41, 5.74) is 2.11. The van der Waals surface area contributed by atoms with Gasteiger partial charge >= 0.3 is 0 Å². The highest BCUT2D eigenvalue weighted by Gasteiger charge is 2.31. The predicted molar refractivity (Wildman–Crippen MR) is 92.6 cm³/mol. The van der Waals surface area contributed by atoms with Crippen LogP contribution in [0.2, 0.25) is 0 Å². The number of aromatic nitrogens is 3. The molecule has 1 aliphatic heterocycles. The lowest BCUT2D eigenvalue weighted by atomic mass is 10.0. The van der Waals surface area contributed by atoms with Gasteiger partial charge in [-0.15, -0.1) is 0 Å². The summed E-state index contributed by atoms with van der Waals surface area (Å²) in [7, 11) is 0. The molecule has 1 aliphatic rings. The van der Waals surface area contributed by atoms with E-state index in [-0.39, 0.29) is 17.8 Å². The van der Waals surface area contributed by atoms with Crippen molar-refractivity contribution in [3.63, 3.8) is 0 Å². The minimum atomic E-state index is -0.330. The van der Waals surface area contributed by atoms with E-state index in [0.29, 0.717) is 37.2 Å². The van der Waals surface area contributed by atoms with Gasteiger partial charge in [0.25, 0.3) is 0 Å². The van der Waals surface area contributed by atoms with Gasteiger partial charge in [0, 0.05) is 36.5 Å². The summed E-state index contributed by atoms with van der Waals surface area (Å²) in [5, 5.41) is 8.33. The molecule has 26 heavy (non-hydrogen) atoms. The Morgan fingerprint density at radius 3 is 3.00 bits per heavy atom. The number of carbonyl (C=O) groups excluding carboxylic acids is 1. The first-order valence-corrected chi connectivity index (χ1v) is 8.68. The fourth-order valence-corrected chi connectivity index (χ4v) is 3.41. The summed E-state index contributed by atoms with van der Waals surface area (Å²) >= 11 is 0. The topological polar surface area (TPSA) is 64.2 Å². The van der Waals surface area contributed by atoms with Crippen molar-refractivity contribution in [1.29, 1.82) is 0 Å². The highest BCUT2D eigenvalue weighted by Crippen LogP contribution is 2.31. The van der Waals surface area contributed by atoms with Crippen LogP contribution in [-0.4, -0.2) is 32.3 Å². The molecule has 1 amide bonds. The predicted octanol–water partition coefficient (Wildman–Crippen LogP) is 3.21. The van der Waals surface area contributed by atoms with E-state index < -0.39 is 0 Å². The number of halogens is 1. The van der Waals surface area contributed by atoms with Gasteiger partial charge in [-0.2, -0.15) is 5.10 Å². The molecule has 0 saturated carbocycles. The van der Waals surface area contributed by atoms with Crippen molar-refractivity contribution in [2.24, 2.45) is 0 Å². The lowest BCUT2D eigenvalue weighted by Crippen LogP contribution is -2.40. The van der Waals surface area contributed by atoms with Gasteiger partial charge in [0.15, 0.2) is 0 Å². The number of rotatable bonds is 4. The summed E-state index contributed by atoms with van der Waals surface area (Å²) in [6.07, 6.45) is 4.73. The first-order chi connectivity index (χ1) is 12.7. The first kappa shape index (κ1) is 16.5. The summed E-state index contributed by atoms with van der Waals surface area (Å²) in [6, 6.07) is 7.73. The number of hydrogen-bond donors (Lipinski definition) is 0. The van der Waals surface area contributed by atoms with Crippen LogP contribution >= 0.6 is 0 Å². The molecule has 2 aromatic heterocycles. The second-order valence-corrected chi connectivity index (χ2v) is 6.36. The van der Waals surface area contributed by atoms with Crippen molar-refractivity contribution in [3.05, 3.63) is 59.9 Å². The first-order valence-electron chi connectivity index (χ1n) is 8.68. The Morgan fingerprint density at radius 1 is 1.38 bits per heavy atom. The molecule has 7 heteroatoms. The number of carbonyl (C=O) groups is 1. The molecule has 0 saturated heterocycles. The van der Waals surface area contributed by atoms with Crippen LogP contribution in [0.4, 0.5) is 4.39 Å². The van der Waals surface area contributed by atoms with E-state index in [0.717, 1.165) is 11.3 Å². The maximum Gasteiger partial charge on any atom is 0.247 e. The second-order valence-electron chi connectivity index (χ2n) is 6.36. The molecular formula is C19H19FN4O2. The maximum absolute atomic E-state index is 13.6. The van der Waals surface area contributed by atoms with Crippen LogP contribution in [0.1, 0.15) is 30.7 Å². The Bertz CT molecular complexity index is 920. The van der Waals surface area contributed by atoms with E-state index in [2.05, 4.69) is 10.3 Å². The molecule has 0 spiro atoms. The molecule has 1 atom stereocenters. The molecule has 0 bridgehead atoms. The number of fused-ring (bicyclic) bond motifs is 1. The zero-order chi connectivity index (χ0) is 18.1. The van der Waals surface area contributed by atoms with Crippen molar-refractivity contribution in [3.8, 4) is 11.3 Å². The minimum absolute atomic E-state index is 0.0215. The van der Waals surface area contributed by atoms with E-state index in [1.165, 1.54) is 12.1 Å². The fraction of sp³-hybridized carbons (Fsp3) is 0.316. The highest BCUT2D eigenvalue weighted by atomic mass is 19.1. The number of hydrogen-bond acceptors (Lipinski definition) is 4. The van der Waals surface area contributed by atoms with Crippen molar-refractivity contribution in [1.82, 2.24) is 19.8 Å². The molecular weight excluding hydrogens is 335 g/mol. The Labute approximate surface area is 150 Å². The average molecular weight is 354 g/mol. The standard InChI is InChI=1S/C19H19FN4O2/c1-2-16(24-9-4-8-21-24)19(25)23-10-7-17-15(12-23)18(22-26-17)13-5-3-6-14(20)11-13/h3-6,8-9,11,16H,2,7,10,12H2,1H3. The summed E-state index contributed by atoms with van der Waals surface area (Å²) < 4.78 is 20.7. The molecule has 0 fully saturated rings. The molecule has 1 unspecified atom stereocenters. The van der Waals surface area contributed by atoms with Crippen molar-refractivity contribution in [2.45, 2.75) is 32.4 Å². The monoisotopic (exact) mass is 354 g/mol. The van der Waals surface area contributed by atoms with Crippen LogP contribution in [0.25, 0.3) is 11.3 Å². The van der Waals surface area contributed by atoms with E-state index in [1.54, 1.807) is 34.1 Å². The fourth-order valence-electron chi connectivity index (χ4n) is 3.41. The van der Waals surface area contributed by atoms with Crippen LogP contribution in [0.3, 0.4) is 0 Å². The normalized spacial score (nSPS) is 14.9. The zero-order valence-electron chi connectivity index (χ0n) is 14.4. The molecule has 134 valence electrons. The third kappa shape index (κ3) is 2.89. The SMILES string of the molecule is CCC(C(=O)N1CCc2onc(-c3cccc(F)c3)c2C1)n1cccn1. The number of nitrogens with zero attached hydrogens (tertiary/aromatic N) is 4. The molecule has 1 aromatic carbocycles. The molecule has 6 nitrogen and oxygen atoms in total. The third-order valence-corrected chi connectivity index (χ3v) is 4.75. The third-order valence-electron chi connectivity index (χ3n) is 4.75. The second kappa shape index (κ2) is 6.74. The zero-order valence-corrected chi connectivity index (χ0v) is 14.4. The number of benzene rings is 1. The Balaban J connectivity index is 1.61. The van der Waals surface area contributed by atoms with Crippen LogP contribution in [0.15, 0.2) is 47.2 Å². The minimum Gasteiger partial charge on any atom is -0.360 e. The molecule has 4 rings (SSSR count). The van der Waals surface area contributed by atoms with Crippen LogP contribution < -0.4 is 0 Å². The van der Waals surface area contributed by atoms with Gasteiger partial charge in [-0.25, -0.2) is 4.39 Å². The number of amides is 1. The summed E-state index contributed by atoms with van der Waals surface area (Å²) in [5.74, 6) is 0.460. The quantitative estimate of drug-likeness (QED) is 0.722. The molecule has 0 radical (unpaired) electrons. The molecule has 3 aromatic rings. The molecule has 3 heterocycles. The van der Waals surface area contributed by atoms with Crippen LogP contribution in [0, 0.1) is 5.82 Å². The molecule has 0 aliphatic carbocycles. The van der Waals surface area contributed by atoms with Gasteiger partial charge in [0.05, 0.1) is 6.54 Å². The van der Waals surface area contributed by atoms with E-state index >= 15 is 0 Å². The van der Waals surface area contributed by atoms with Gasteiger partial charge in [-0.3, -0.25) is 9.48 Å². The van der Waals surface area contributed by atoms with Gasteiger partial charge in [-0.05, 0) is 24.6 Å². The van der Waals surface area contributed by atoms with Crippen LogP contribution in [-0.2, 0) is 17.8 Å². The van der Waals surface area contributed by atoms with E-state index in [9.17, 15) is 9.18 Å². The van der Waals surface area contributed by atoms with Gasteiger partial charge in [0.2, 0.25) is 5.91 Å². The molecule has 0 N–H and O–H groups in total. The van der Waals surface area contributed by atoms with Crippen molar-refractivity contribution in [2.75, 3.05) is 6.54 Å². The Hall–Kier alpha value is -2.96. The lowest BCUT2D eigenvalue weighted by Gasteiger charge is -2.29. The summed E-state index contributed by atoms with van der Waals surface area (Å²) in [4.78, 5) is 14.8. The Kier molecular flexibility index (Phi) is 4.28. The van der Waals surface area contributed by atoms with Crippen molar-refractivity contribution >= 4 is 5.91 Å². The van der Waals surface area contributed by atoms with Gasteiger partial charge in [0.1, 0.15) is 23.3 Å². The van der Waals surface area contributed by atoms with Gasteiger partial charge in [-0.1, -0.05) is 24.2 Å². The van der Waals surface area contributed by atoms with E-state index in [4.69, 9.17) is 4.52 Å². The lowest BCUT2D eigenvalue weighted by molar-refractivity contribution is -0.136. The Morgan fingerprint density at radius 2 is 2.27 bits per heavy atom. The highest BCUT2D eigenvalue weighted by molar-refractivity contribution is 5.81. The largest absolute Gasteiger partial charge is 0.360 e. The smallest absolute Gasteiger partial charge is 0.247 e. The van der Waals surface area contributed by atoms with Gasteiger partial charge < -0.3 is 9.42 Å². The summed E-state index contributed by atoms with van der Waals surface area (Å²) in [6.45, 7) is 2.94. The average Bonchev–Trinajstić information content (AvgIpc) is 3.31.